The second kappa shape index (κ2) is 5.50. The molecule has 120 valence electrons. The van der Waals surface area contributed by atoms with Crippen LogP contribution in [0, 0.1) is 6.92 Å². The van der Waals surface area contributed by atoms with E-state index in [4.69, 9.17) is 14.2 Å². The van der Waals surface area contributed by atoms with Gasteiger partial charge in [-0.05, 0) is 42.8 Å². The topological polar surface area (TPSA) is 77.4 Å². The molecule has 0 fully saturated rings. The van der Waals surface area contributed by atoms with Crippen LogP contribution in [0.2, 0.25) is 0 Å². The van der Waals surface area contributed by atoms with Crippen molar-refractivity contribution < 1.29 is 24.1 Å². The first-order valence-electron chi connectivity index (χ1n) is 7.33. The van der Waals surface area contributed by atoms with Crippen molar-refractivity contribution in [1.29, 1.82) is 0 Å². The lowest BCUT2D eigenvalue weighted by atomic mass is 10.1. The summed E-state index contributed by atoms with van der Waals surface area (Å²) < 4.78 is 15.4. The van der Waals surface area contributed by atoms with Crippen molar-refractivity contribution in [2.75, 3.05) is 0 Å². The normalized spacial score (nSPS) is 20.2. The van der Waals surface area contributed by atoms with Crippen molar-refractivity contribution in [2.24, 2.45) is 4.99 Å². The van der Waals surface area contributed by atoms with Crippen LogP contribution in [0.25, 0.3) is 6.08 Å². The quantitative estimate of drug-likeness (QED) is 0.678. The Morgan fingerprint density at radius 3 is 2.79 bits per heavy atom. The lowest BCUT2D eigenvalue weighted by Gasteiger charge is -1.99. The van der Waals surface area contributed by atoms with Gasteiger partial charge in [0.25, 0.3) is 0 Å². The Morgan fingerprint density at radius 2 is 1.96 bits per heavy atom. The Bertz CT molecular complexity index is 900. The number of hydrogen-bond donors (Lipinski definition) is 1. The maximum atomic E-state index is 12.0. The van der Waals surface area contributed by atoms with Gasteiger partial charge in [-0.1, -0.05) is 23.8 Å². The molecule has 0 unspecified atom stereocenters. The molecule has 0 saturated carbocycles. The molecule has 0 aliphatic carbocycles. The number of esters is 1. The average molecular weight is 323 g/mol. The molecule has 6 heteroatoms. The van der Waals surface area contributed by atoms with Crippen LogP contribution < -0.4 is 9.47 Å². The van der Waals surface area contributed by atoms with Gasteiger partial charge in [0, 0.05) is 5.56 Å². The summed E-state index contributed by atoms with van der Waals surface area (Å²) in [4.78, 5) is 16.3. The van der Waals surface area contributed by atoms with Gasteiger partial charge in [-0.25, -0.2) is 9.79 Å². The van der Waals surface area contributed by atoms with E-state index in [1.54, 1.807) is 24.3 Å². The number of ether oxygens (including phenoxy) is 3. The number of rotatable bonds is 2. The molecule has 24 heavy (non-hydrogen) atoms. The molecule has 2 aromatic rings. The summed E-state index contributed by atoms with van der Waals surface area (Å²) >= 11 is 0. The van der Waals surface area contributed by atoms with Gasteiger partial charge in [0.05, 0.1) is 0 Å². The van der Waals surface area contributed by atoms with Gasteiger partial charge in [-0.2, -0.15) is 0 Å². The molecule has 2 aromatic carbocycles. The second-order valence-electron chi connectivity index (χ2n) is 5.45. The number of aryl methyl sites for hydroxylation is 1. The van der Waals surface area contributed by atoms with Crippen LogP contribution in [0.15, 0.2) is 53.2 Å². The summed E-state index contributed by atoms with van der Waals surface area (Å²) in [7, 11) is 0. The first kappa shape index (κ1) is 14.5. The van der Waals surface area contributed by atoms with Crippen LogP contribution in [0.5, 0.6) is 11.5 Å². The maximum Gasteiger partial charge on any atom is 0.363 e. The van der Waals surface area contributed by atoms with Crippen LogP contribution in [0.1, 0.15) is 16.7 Å². The molecule has 0 bridgehead atoms. The van der Waals surface area contributed by atoms with E-state index in [9.17, 15) is 9.90 Å². The highest BCUT2D eigenvalue weighted by Gasteiger charge is 2.25. The van der Waals surface area contributed by atoms with Gasteiger partial charge in [0.2, 0.25) is 5.90 Å². The first-order chi connectivity index (χ1) is 11.6. The zero-order chi connectivity index (χ0) is 16.7. The van der Waals surface area contributed by atoms with Crippen LogP contribution in [0.4, 0.5) is 0 Å². The van der Waals surface area contributed by atoms with Gasteiger partial charge < -0.3 is 19.3 Å². The highest BCUT2D eigenvalue weighted by molar-refractivity contribution is 6.12. The molecule has 2 aliphatic heterocycles. The largest absolute Gasteiger partial charge is 0.428 e. The number of carbonyl (C=O) groups excluding carboxylic acids is 1. The van der Waals surface area contributed by atoms with E-state index >= 15 is 0 Å². The fourth-order valence-electron chi connectivity index (χ4n) is 2.51. The summed E-state index contributed by atoms with van der Waals surface area (Å²) in [5.41, 5.74) is 2.69. The van der Waals surface area contributed by atoms with Crippen LogP contribution in [-0.4, -0.2) is 23.4 Å². The van der Waals surface area contributed by atoms with Gasteiger partial charge in [-0.15, -0.1) is 0 Å². The second-order valence-corrected chi connectivity index (χ2v) is 5.45. The lowest BCUT2D eigenvalue weighted by molar-refractivity contribution is -0.133. The fourth-order valence-corrected chi connectivity index (χ4v) is 2.51. The number of aliphatic hydroxyl groups excluding tert-OH is 1. The average Bonchev–Trinajstić information content (AvgIpc) is 3.09. The number of hydrogen-bond acceptors (Lipinski definition) is 6. The third-order valence-corrected chi connectivity index (χ3v) is 3.61. The van der Waals surface area contributed by atoms with Crippen LogP contribution in [0.3, 0.4) is 0 Å². The van der Waals surface area contributed by atoms with Crippen molar-refractivity contribution in [2.45, 2.75) is 13.4 Å². The van der Waals surface area contributed by atoms with Crippen molar-refractivity contribution in [3.05, 3.63) is 64.9 Å². The Hall–Kier alpha value is -3.12. The number of benzene rings is 2. The van der Waals surface area contributed by atoms with Crippen molar-refractivity contribution in [3.63, 3.8) is 0 Å². The zero-order valence-corrected chi connectivity index (χ0v) is 12.7. The number of aliphatic hydroxyl groups is 1. The first-order valence-corrected chi connectivity index (χ1v) is 7.33. The van der Waals surface area contributed by atoms with Crippen LogP contribution in [-0.2, 0) is 9.53 Å². The maximum absolute atomic E-state index is 12.0. The molecule has 2 heterocycles. The number of carbonyl (C=O) groups is 1. The fraction of sp³-hybridized carbons (Fsp3) is 0.111. The molecular formula is C18H13NO5. The standard InChI is InChI=1S/C18H13NO5/c1-10-3-2-4-12(7-10)16-19-13(17(20)24-16)8-11-5-6-14-15(9-11)23-18(21)22-14/h2-9,18,21H,1H3/b13-8+/t18-/m1/s1. The van der Waals surface area contributed by atoms with E-state index in [2.05, 4.69) is 4.99 Å². The predicted molar refractivity (Wildman–Crippen MR) is 85.5 cm³/mol. The van der Waals surface area contributed by atoms with Crippen molar-refractivity contribution in [1.82, 2.24) is 0 Å². The van der Waals surface area contributed by atoms with E-state index in [0.717, 1.165) is 11.1 Å². The van der Waals surface area contributed by atoms with E-state index < -0.39 is 12.4 Å². The third-order valence-electron chi connectivity index (χ3n) is 3.61. The minimum Gasteiger partial charge on any atom is -0.428 e. The summed E-state index contributed by atoms with van der Waals surface area (Å²) in [5, 5.41) is 9.30. The van der Waals surface area contributed by atoms with Crippen LogP contribution >= 0.6 is 0 Å². The number of aliphatic imine (C=N–C) groups is 1. The van der Waals surface area contributed by atoms with E-state index in [1.165, 1.54) is 0 Å². The number of fused-ring (bicyclic) bond motifs is 1. The smallest absolute Gasteiger partial charge is 0.363 e. The highest BCUT2D eigenvalue weighted by Crippen LogP contribution is 2.35. The molecule has 0 radical (unpaired) electrons. The van der Waals surface area contributed by atoms with E-state index in [-0.39, 0.29) is 11.6 Å². The summed E-state index contributed by atoms with van der Waals surface area (Å²) in [6.45, 7) is 0.656. The molecule has 1 N–H and O–H groups in total. The van der Waals surface area contributed by atoms with Crippen molar-refractivity contribution >= 4 is 17.9 Å². The summed E-state index contributed by atoms with van der Waals surface area (Å²) in [5.74, 6) is 0.629. The van der Waals surface area contributed by atoms with Gasteiger partial charge in [0.1, 0.15) is 0 Å². The van der Waals surface area contributed by atoms with Gasteiger partial charge >= 0.3 is 12.4 Å². The minimum atomic E-state index is -1.30. The Kier molecular flexibility index (Phi) is 3.32. The monoisotopic (exact) mass is 323 g/mol. The Balaban J connectivity index is 1.65. The molecule has 1 atom stereocenters. The highest BCUT2D eigenvalue weighted by atomic mass is 16.8. The van der Waals surface area contributed by atoms with E-state index in [0.29, 0.717) is 17.1 Å². The van der Waals surface area contributed by atoms with Crippen molar-refractivity contribution in [3.8, 4) is 11.5 Å². The molecular weight excluding hydrogens is 310 g/mol. The Morgan fingerprint density at radius 1 is 1.12 bits per heavy atom. The number of nitrogens with zero attached hydrogens (tertiary/aromatic N) is 1. The molecule has 2 aliphatic rings. The molecule has 0 spiro atoms. The van der Waals surface area contributed by atoms with Gasteiger partial charge in [0.15, 0.2) is 17.2 Å². The molecule has 0 amide bonds. The summed E-state index contributed by atoms with van der Waals surface area (Å²) in [6, 6.07) is 12.6. The molecule has 0 aromatic heterocycles. The molecule has 4 rings (SSSR count). The zero-order valence-electron chi connectivity index (χ0n) is 12.7. The molecule has 0 saturated heterocycles. The number of cyclic esters (lactones) is 1. The Labute approximate surface area is 137 Å². The third kappa shape index (κ3) is 2.63. The van der Waals surface area contributed by atoms with Gasteiger partial charge in [-0.3, -0.25) is 0 Å². The SMILES string of the molecule is Cc1cccc(C2=N/C(=C/c3ccc4c(c3)O[C@H](O)O4)C(=O)O2)c1. The van der Waals surface area contributed by atoms with E-state index in [1.807, 2.05) is 31.2 Å². The lowest BCUT2D eigenvalue weighted by Crippen LogP contribution is -2.15. The molecule has 6 nitrogen and oxygen atoms in total. The summed E-state index contributed by atoms with van der Waals surface area (Å²) in [6.07, 6.45) is 1.60. The predicted octanol–water partition coefficient (Wildman–Crippen LogP) is 2.39. The minimum absolute atomic E-state index is 0.200.